The van der Waals surface area contributed by atoms with Gasteiger partial charge in [-0.25, -0.2) is 0 Å². The highest BCUT2D eigenvalue weighted by Gasteiger charge is 2.84. The molecule has 0 aromatic heterocycles. The van der Waals surface area contributed by atoms with Crippen molar-refractivity contribution in [3.05, 3.63) is 0 Å². The van der Waals surface area contributed by atoms with Gasteiger partial charge in [0.15, 0.2) is 6.10 Å². The number of aliphatic hydroxyl groups is 3. The van der Waals surface area contributed by atoms with Crippen molar-refractivity contribution in [2.24, 2.45) is 50.7 Å². The lowest BCUT2D eigenvalue weighted by Gasteiger charge is -2.63. The number of esters is 1. The second kappa shape index (κ2) is 7.98. The van der Waals surface area contributed by atoms with Crippen LogP contribution in [0.25, 0.3) is 0 Å². The number of carbonyl (C=O) groups excluding carboxylic acids is 1. The van der Waals surface area contributed by atoms with Crippen molar-refractivity contribution in [3.8, 4) is 0 Å². The van der Waals surface area contributed by atoms with E-state index in [1.165, 1.54) is 19.8 Å². The first-order valence-electron chi connectivity index (χ1n) is 15.4. The molecule has 6 fully saturated rings. The van der Waals surface area contributed by atoms with Crippen molar-refractivity contribution in [2.75, 3.05) is 0 Å². The number of aliphatic hydroxyl groups excluding tert-OH is 2. The van der Waals surface area contributed by atoms with Crippen LogP contribution >= 0.6 is 0 Å². The molecule has 1 saturated heterocycles. The van der Waals surface area contributed by atoms with Crippen LogP contribution in [-0.2, 0) is 14.3 Å². The van der Waals surface area contributed by atoms with Gasteiger partial charge in [0.2, 0.25) is 0 Å². The summed E-state index contributed by atoms with van der Waals surface area (Å²) in [7, 11) is 0. The summed E-state index contributed by atoms with van der Waals surface area (Å²) >= 11 is 0. The smallest absolute Gasteiger partial charge is 0.303 e. The first-order valence-corrected chi connectivity index (χ1v) is 15.4. The van der Waals surface area contributed by atoms with Gasteiger partial charge < -0.3 is 24.8 Å². The Balaban J connectivity index is 1.35. The van der Waals surface area contributed by atoms with E-state index in [9.17, 15) is 20.1 Å². The number of rotatable bonds is 3. The third kappa shape index (κ3) is 3.13. The number of hydrogen-bond acceptors (Lipinski definition) is 6. The average molecular weight is 533 g/mol. The molecule has 6 aliphatic rings. The fourth-order valence-corrected chi connectivity index (χ4v) is 12.4. The largest absolute Gasteiger partial charge is 0.457 e. The Hall–Kier alpha value is -0.690. The van der Waals surface area contributed by atoms with E-state index < -0.39 is 29.9 Å². The molecular formula is C32H52O6. The van der Waals surface area contributed by atoms with Gasteiger partial charge in [0, 0.05) is 12.3 Å². The maximum absolute atomic E-state index is 12.3. The quantitative estimate of drug-likeness (QED) is 0.449. The van der Waals surface area contributed by atoms with Crippen LogP contribution in [0.15, 0.2) is 0 Å². The number of hydrogen-bond donors (Lipinski definition) is 3. The molecule has 6 nitrogen and oxygen atoms in total. The zero-order chi connectivity index (χ0) is 27.8. The summed E-state index contributed by atoms with van der Waals surface area (Å²) in [5, 5.41) is 34.2. The fraction of sp³-hybridized carbons (Fsp3) is 0.969. The first-order chi connectivity index (χ1) is 17.5. The summed E-state index contributed by atoms with van der Waals surface area (Å²) in [5.74, 6) is 1.09. The van der Waals surface area contributed by atoms with Gasteiger partial charge in [0.1, 0.15) is 0 Å². The second-order valence-corrected chi connectivity index (χ2v) is 16.3. The lowest BCUT2D eigenvalue weighted by atomic mass is 9.41. The lowest BCUT2D eigenvalue weighted by Crippen LogP contribution is -2.59. The van der Waals surface area contributed by atoms with Crippen LogP contribution in [0, 0.1) is 50.7 Å². The first kappa shape index (κ1) is 27.5. The van der Waals surface area contributed by atoms with E-state index in [2.05, 4.69) is 34.6 Å². The minimum Gasteiger partial charge on any atom is -0.457 e. The molecule has 3 unspecified atom stereocenters. The Morgan fingerprint density at radius 1 is 1.00 bits per heavy atom. The zero-order valence-electron chi connectivity index (χ0n) is 24.9. The molecule has 1 heterocycles. The van der Waals surface area contributed by atoms with E-state index in [0.717, 1.165) is 32.1 Å². The molecule has 38 heavy (non-hydrogen) atoms. The van der Waals surface area contributed by atoms with Gasteiger partial charge in [-0.2, -0.15) is 0 Å². The fourth-order valence-electron chi connectivity index (χ4n) is 12.4. The highest BCUT2D eigenvalue weighted by Crippen LogP contribution is 2.89. The lowest BCUT2D eigenvalue weighted by molar-refractivity contribution is -0.216. The molecule has 1 aliphatic heterocycles. The van der Waals surface area contributed by atoms with Crippen LogP contribution in [0.2, 0.25) is 0 Å². The molecule has 5 saturated carbocycles. The Kier molecular flexibility index (Phi) is 5.77. The van der Waals surface area contributed by atoms with Gasteiger partial charge in [-0.05, 0) is 111 Å². The molecule has 0 bridgehead atoms. The van der Waals surface area contributed by atoms with Crippen LogP contribution in [0.3, 0.4) is 0 Å². The predicted molar refractivity (Wildman–Crippen MR) is 144 cm³/mol. The number of carbonyl (C=O) groups is 1. The third-order valence-electron chi connectivity index (χ3n) is 14.1. The summed E-state index contributed by atoms with van der Waals surface area (Å²) in [6, 6.07) is 0. The molecule has 3 N–H and O–H groups in total. The highest BCUT2D eigenvalue weighted by atomic mass is 16.6. The Bertz CT molecular complexity index is 1000. The maximum atomic E-state index is 12.3. The van der Waals surface area contributed by atoms with Crippen LogP contribution in [0.5, 0.6) is 0 Å². The normalized spacial score (nSPS) is 55.4. The van der Waals surface area contributed by atoms with Crippen molar-refractivity contribution in [2.45, 2.75) is 143 Å². The van der Waals surface area contributed by atoms with Crippen molar-refractivity contribution < 1.29 is 29.6 Å². The summed E-state index contributed by atoms with van der Waals surface area (Å²) in [6.45, 7) is 16.4. The van der Waals surface area contributed by atoms with Gasteiger partial charge in [-0.3, -0.25) is 4.79 Å². The molecule has 0 radical (unpaired) electrons. The number of ether oxygens (including phenoxy) is 2. The molecule has 0 aromatic carbocycles. The summed E-state index contributed by atoms with van der Waals surface area (Å²) in [4.78, 5) is 11.9. The van der Waals surface area contributed by atoms with E-state index in [1.807, 2.05) is 0 Å². The second-order valence-electron chi connectivity index (χ2n) is 16.3. The molecule has 6 rings (SSSR count). The maximum Gasteiger partial charge on any atom is 0.303 e. The van der Waals surface area contributed by atoms with Crippen LogP contribution < -0.4 is 0 Å². The third-order valence-corrected chi connectivity index (χ3v) is 14.1. The SMILES string of the molecule is CC(=O)O[C@@H]([C@H]1CC(C)C2[C@H](O1)[C@H](O)[C@@]1(C)[C@@H]3CC[C@H]4C(C)(C)[C@@H](O)CCC45C[C@@]35CC[C@]21C)C(C)(C)O. The van der Waals surface area contributed by atoms with Crippen molar-refractivity contribution in [3.63, 3.8) is 0 Å². The van der Waals surface area contributed by atoms with Crippen molar-refractivity contribution in [1.82, 2.24) is 0 Å². The van der Waals surface area contributed by atoms with Gasteiger partial charge in [-0.1, -0.05) is 34.6 Å². The molecule has 5 aliphatic carbocycles. The van der Waals surface area contributed by atoms with Crippen molar-refractivity contribution >= 4 is 5.97 Å². The molecular weight excluding hydrogens is 480 g/mol. The van der Waals surface area contributed by atoms with E-state index in [0.29, 0.717) is 23.7 Å². The van der Waals surface area contributed by atoms with Crippen molar-refractivity contribution in [1.29, 1.82) is 0 Å². The van der Waals surface area contributed by atoms with E-state index in [1.54, 1.807) is 13.8 Å². The van der Waals surface area contributed by atoms with E-state index in [-0.39, 0.29) is 45.7 Å². The minimum atomic E-state index is -1.24. The standard InChI is InChI=1S/C32H52O6/c1-17-15-19(26(28(5,6)36)37-18(2)33)38-24-23(17)29(7)13-14-32-16-31(32)12-11-22(34)27(3,4)20(31)9-10-21(32)30(29,8)25(24)35/h17,19-26,34-36H,9-16H2,1-8H3/t17?,19-,20+,21+,22+,23?,24+,25+,26+,29-,30-,31?,32+/m1/s1. The summed E-state index contributed by atoms with van der Waals surface area (Å²) in [6.07, 6.45) is 6.19. The van der Waals surface area contributed by atoms with E-state index >= 15 is 0 Å². The minimum absolute atomic E-state index is 0.0383. The van der Waals surface area contributed by atoms with Gasteiger partial charge in [0.25, 0.3) is 0 Å². The van der Waals surface area contributed by atoms with Crippen LogP contribution in [0.1, 0.15) is 107 Å². The number of fused-ring (bicyclic) bond motifs is 4. The predicted octanol–water partition coefficient (Wildman–Crippen LogP) is 4.86. The Labute approximate surface area is 229 Å². The molecule has 2 spiro atoms. The van der Waals surface area contributed by atoms with Crippen LogP contribution in [-0.4, -0.2) is 57.4 Å². The van der Waals surface area contributed by atoms with Gasteiger partial charge in [0.05, 0.1) is 30.0 Å². The highest BCUT2D eigenvalue weighted by molar-refractivity contribution is 5.66. The molecule has 216 valence electrons. The molecule has 0 amide bonds. The molecule has 13 atom stereocenters. The summed E-state index contributed by atoms with van der Waals surface area (Å²) < 4.78 is 12.4. The van der Waals surface area contributed by atoms with Gasteiger partial charge in [-0.15, -0.1) is 0 Å². The summed E-state index contributed by atoms with van der Waals surface area (Å²) in [5.41, 5.74) is -1.01. The Morgan fingerprint density at radius 3 is 2.26 bits per heavy atom. The Morgan fingerprint density at radius 2 is 1.63 bits per heavy atom. The average Bonchev–Trinajstić information content (AvgIpc) is 3.44. The van der Waals surface area contributed by atoms with E-state index in [4.69, 9.17) is 9.47 Å². The monoisotopic (exact) mass is 532 g/mol. The van der Waals surface area contributed by atoms with Crippen LogP contribution in [0.4, 0.5) is 0 Å². The van der Waals surface area contributed by atoms with Gasteiger partial charge >= 0.3 is 5.97 Å². The zero-order valence-corrected chi connectivity index (χ0v) is 24.9. The molecule has 6 heteroatoms. The topological polar surface area (TPSA) is 96.2 Å². The molecule has 0 aromatic rings.